The first-order chi connectivity index (χ1) is 8.29. The van der Waals surface area contributed by atoms with E-state index in [1.165, 1.54) is 25.7 Å². The smallest absolute Gasteiger partial charge is 0.226 e. The summed E-state index contributed by atoms with van der Waals surface area (Å²) in [4.78, 5) is 14.3. The molecule has 1 unspecified atom stereocenters. The fourth-order valence-electron chi connectivity index (χ4n) is 2.84. The highest BCUT2D eigenvalue weighted by Gasteiger charge is 2.47. The van der Waals surface area contributed by atoms with Gasteiger partial charge in [0.25, 0.3) is 0 Å². The molecule has 1 atom stereocenters. The quantitative estimate of drug-likeness (QED) is 0.736. The van der Waals surface area contributed by atoms with E-state index in [0.29, 0.717) is 37.4 Å². The molecule has 1 heterocycles. The zero-order valence-corrected chi connectivity index (χ0v) is 9.97. The van der Waals surface area contributed by atoms with Crippen molar-refractivity contribution in [2.45, 2.75) is 31.8 Å². The fourth-order valence-corrected chi connectivity index (χ4v) is 2.84. The van der Waals surface area contributed by atoms with Crippen molar-refractivity contribution in [3.63, 3.8) is 0 Å². The zero-order chi connectivity index (χ0) is 11.8. The molecule has 17 heavy (non-hydrogen) atoms. The molecule has 0 bridgehead atoms. The maximum atomic E-state index is 12.5. The lowest BCUT2D eigenvalue weighted by molar-refractivity contribution is -0.142. The normalized spacial score (nSPS) is 29.2. The second-order valence-electron chi connectivity index (χ2n) is 5.47. The molecule has 0 spiro atoms. The molecule has 0 N–H and O–H groups in total. The van der Waals surface area contributed by atoms with Crippen LogP contribution in [0, 0.1) is 29.1 Å². The van der Waals surface area contributed by atoms with Gasteiger partial charge in [0.2, 0.25) is 5.91 Å². The molecule has 4 heteroatoms. The van der Waals surface area contributed by atoms with Gasteiger partial charge in [0.05, 0.1) is 19.2 Å². The van der Waals surface area contributed by atoms with Crippen molar-refractivity contribution in [2.24, 2.45) is 17.8 Å². The zero-order valence-electron chi connectivity index (χ0n) is 9.97. The van der Waals surface area contributed by atoms with Gasteiger partial charge in [0.15, 0.2) is 6.10 Å². The summed E-state index contributed by atoms with van der Waals surface area (Å²) in [7, 11) is 0. The monoisotopic (exact) mass is 234 g/mol. The first kappa shape index (κ1) is 11.0. The van der Waals surface area contributed by atoms with Gasteiger partial charge in [0.1, 0.15) is 0 Å². The third kappa shape index (κ3) is 2.30. The number of hydrogen-bond acceptors (Lipinski definition) is 3. The second-order valence-corrected chi connectivity index (χ2v) is 5.47. The van der Waals surface area contributed by atoms with Gasteiger partial charge in [-0.25, -0.2) is 0 Å². The first-order valence-electron chi connectivity index (χ1n) is 6.59. The van der Waals surface area contributed by atoms with Crippen molar-refractivity contribution in [1.82, 2.24) is 4.90 Å². The highest BCUT2D eigenvalue weighted by atomic mass is 16.5. The van der Waals surface area contributed by atoms with Crippen LogP contribution in [-0.4, -0.2) is 36.6 Å². The molecule has 0 aromatic heterocycles. The Kier molecular flexibility index (Phi) is 2.79. The lowest BCUT2D eigenvalue weighted by atomic mass is 9.96. The topological polar surface area (TPSA) is 53.3 Å². The number of rotatable bonds is 3. The van der Waals surface area contributed by atoms with E-state index in [0.717, 1.165) is 0 Å². The predicted molar refractivity (Wildman–Crippen MR) is 60.9 cm³/mol. The summed E-state index contributed by atoms with van der Waals surface area (Å²) >= 11 is 0. The molecule has 0 radical (unpaired) electrons. The molecule has 1 saturated heterocycles. The Labute approximate surface area is 102 Å². The third-order valence-electron chi connectivity index (χ3n) is 4.07. The van der Waals surface area contributed by atoms with Crippen LogP contribution in [0.15, 0.2) is 0 Å². The van der Waals surface area contributed by atoms with E-state index in [1.807, 2.05) is 4.90 Å². The standard InChI is InChI=1S/C13H18N2O2/c14-7-11-8-15(5-6-17-11)13(16)12(9-1-2-9)10-3-4-10/h9-12H,1-6,8H2. The van der Waals surface area contributed by atoms with Crippen LogP contribution in [0.4, 0.5) is 0 Å². The number of carbonyl (C=O) groups is 1. The van der Waals surface area contributed by atoms with Gasteiger partial charge in [-0.1, -0.05) is 0 Å². The Hall–Kier alpha value is -1.08. The summed E-state index contributed by atoms with van der Waals surface area (Å²) in [6, 6.07) is 2.10. The van der Waals surface area contributed by atoms with E-state index in [-0.39, 0.29) is 5.92 Å². The van der Waals surface area contributed by atoms with Crippen molar-refractivity contribution >= 4 is 5.91 Å². The Morgan fingerprint density at radius 3 is 2.47 bits per heavy atom. The Morgan fingerprint density at radius 1 is 1.29 bits per heavy atom. The summed E-state index contributed by atoms with van der Waals surface area (Å²) in [5.74, 6) is 1.82. The molecule has 4 nitrogen and oxygen atoms in total. The number of morpholine rings is 1. The number of nitrogens with zero attached hydrogens (tertiary/aromatic N) is 2. The van der Waals surface area contributed by atoms with Gasteiger partial charge in [-0.15, -0.1) is 0 Å². The minimum absolute atomic E-state index is 0.257. The molecule has 1 aliphatic heterocycles. The average molecular weight is 234 g/mol. The van der Waals surface area contributed by atoms with Gasteiger partial charge in [-0.2, -0.15) is 5.26 Å². The van der Waals surface area contributed by atoms with Crippen LogP contribution >= 0.6 is 0 Å². The van der Waals surface area contributed by atoms with Crippen molar-refractivity contribution in [3.05, 3.63) is 0 Å². The van der Waals surface area contributed by atoms with Crippen molar-refractivity contribution in [1.29, 1.82) is 5.26 Å². The van der Waals surface area contributed by atoms with Crippen LogP contribution in [0.5, 0.6) is 0 Å². The largest absolute Gasteiger partial charge is 0.360 e. The average Bonchev–Trinajstić information content (AvgIpc) is 3.23. The van der Waals surface area contributed by atoms with E-state index >= 15 is 0 Å². The number of hydrogen-bond donors (Lipinski definition) is 0. The lowest BCUT2D eigenvalue weighted by Gasteiger charge is -2.32. The van der Waals surface area contributed by atoms with E-state index in [4.69, 9.17) is 10.00 Å². The van der Waals surface area contributed by atoms with Crippen LogP contribution in [0.3, 0.4) is 0 Å². The predicted octanol–water partition coefficient (Wildman–Crippen LogP) is 1.17. The third-order valence-corrected chi connectivity index (χ3v) is 4.07. The highest BCUT2D eigenvalue weighted by molar-refractivity contribution is 5.80. The SMILES string of the molecule is N#CC1CN(C(=O)C(C2CC2)C2CC2)CCO1. The fraction of sp³-hybridized carbons (Fsp3) is 0.846. The van der Waals surface area contributed by atoms with Gasteiger partial charge in [0, 0.05) is 12.5 Å². The van der Waals surface area contributed by atoms with E-state index in [9.17, 15) is 4.79 Å². The minimum atomic E-state index is -0.424. The van der Waals surface area contributed by atoms with Gasteiger partial charge < -0.3 is 9.64 Å². The number of nitriles is 1. The van der Waals surface area contributed by atoms with Crippen molar-refractivity contribution in [2.75, 3.05) is 19.7 Å². The van der Waals surface area contributed by atoms with Gasteiger partial charge in [-0.05, 0) is 37.5 Å². The van der Waals surface area contributed by atoms with Crippen LogP contribution in [0.25, 0.3) is 0 Å². The molecule has 2 saturated carbocycles. The second kappa shape index (κ2) is 4.30. The van der Waals surface area contributed by atoms with E-state index in [1.54, 1.807) is 0 Å². The Bertz CT molecular complexity index is 343. The summed E-state index contributed by atoms with van der Waals surface area (Å²) < 4.78 is 5.28. The summed E-state index contributed by atoms with van der Waals surface area (Å²) in [5, 5.41) is 8.86. The highest BCUT2D eigenvalue weighted by Crippen LogP contribution is 2.49. The van der Waals surface area contributed by atoms with Crippen LogP contribution < -0.4 is 0 Å². The molecule has 3 rings (SSSR count). The van der Waals surface area contributed by atoms with Crippen LogP contribution in [0.1, 0.15) is 25.7 Å². The Morgan fingerprint density at radius 2 is 1.94 bits per heavy atom. The van der Waals surface area contributed by atoms with Crippen molar-refractivity contribution < 1.29 is 9.53 Å². The molecule has 92 valence electrons. The van der Waals surface area contributed by atoms with E-state index < -0.39 is 6.10 Å². The molecule has 3 fully saturated rings. The summed E-state index contributed by atoms with van der Waals surface area (Å²) in [5.41, 5.74) is 0. The molecule has 3 aliphatic rings. The van der Waals surface area contributed by atoms with Gasteiger partial charge >= 0.3 is 0 Å². The Balaban J connectivity index is 1.65. The van der Waals surface area contributed by atoms with Crippen molar-refractivity contribution in [3.8, 4) is 6.07 Å². The van der Waals surface area contributed by atoms with E-state index in [2.05, 4.69) is 6.07 Å². The number of carbonyl (C=O) groups excluding carboxylic acids is 1. The molecule has 0 aromatic carbocycles. The molecule has 1 amide bonds. The summed E-state index contributed by atoms with van der Waals surface area (Å²) in [6.45, 7) is 1.63. The number of amides is 1. The minimum Gasteiger partial charge on any atom is -0.360 e. The molecule has 0 aromatic rings. The molecular weight excluding hydrogens is 216 g/mol. The summed E-state index contributed by atoms with van der Waals surface area (Å²) in [6.07, 6.45) is 4.46. The lowest BCUT2D eigenvalue weighted by Crippen LogP contribution is -2.48. The van der Waals surface area contributed by atoms with Crippen LogP contribution in [-0.2, 0) is 9.53 Å². The van der Waals surface area contributed by atoms with Gasteiger partial charge in [-0.3, -0.25) is 4.79 Å². The first-order valence-corrected chi connectivity index (χ1v) is 6.59. The number of ether oxygens (including phenoxy) is 1. The van der Waals surface area contributed by atoms with Crippen LogP contribution in [0.2, 0.25) is 0 Å². The maximum Gasteiger partial charge on any atom is 0.226 e. The molecule has 2 aliphatic carbocycles. The molecular formula is C13H18N2O2. The maximum absolute atomic E-state index is 12.5.